The van der Waals surface area contributed by atoms with Crippen LogP contribution in [0.5, 0.6) is 0 Å². The van der Waals surface area contributed by atoms with Crippen molar-refractivity contribution in [2.24, 2.45) is 16.7 Å². The number of aliphatic hydroxyl groups is 1. The Balaban J connectivity index is 0.000000447. The Morgan fingerprint density at radius 3 is 1.64 bits per heavy atom. The van der Waals surface area contributed by atoms with Gasteiger partial charge in [-0.25, -0.2) is 18.4 Å². The minimum absolute atomic E-state index is 0.0771. The Morgan fingerprint density at radius 2 is 1.25 bits per heavy atom. The molecule has 0 aromatic heterocycles. The number of amides is 2. The number of esters is 1. The SMILES string of the molecule is C=C(O)CC1(CNC(=O)OC(C)(C)C)CCC(F)CC1.CC(OC(=O)NCC1(CC(=O)O)CCC(F)CC1)OC(=O)C(C)C. The number of aliphatic carboxylic acids is 1. The molecule has 11 nitrogen and oxygen atoms in total. The molecule has 2 amide bonds. The van der Waals surface area contributed by atoms with Crippen LogP contribution in [0, 0.1) is 16.7 Å². The van der Waals surface area contributed by atoms with E-state index in [0.717, 1.165) is 0 Å². The van der Waals surface area contributed by atoms with E-state index in [2.05, 4.69) is 17.2 Å². The van der Waals surface area contributed by atoms with E-state index in [4.69, 9.17) is 19.3 Å². The lowest BCUT2D eigenvalue weighted by molar-refractivity contribution is -0.168. The van der Waals surface area contributed by atoms with Crippen LogP contribution in [0.1, 0.15) is 106 Å². The number of alkyl halides is 2. The molecule has 0 heterocycles. The van der Waals surface area contributed by atoms with Crippen LogP contribution in [0.15, 0.2) is 12.3 Å². The number of aliphatic hydroxyl groups excluding tert-OH is 1. The number of carboxylic acid groups (broad SMARTS) is 1. The van der Waals surface area contributed by atoms with Crippen LogP contribution < -0.4 is 10.6 Å². The van der Waals surface area contributed by atoms with E-state index in [-0.39, 0.29) is 42.9 Å². The largest absolute Gasteiger partial charge is 0.513 e. The van der Waals surface area contributed by atoms with E-state index in [0.29, 0.717) is 51.5 Å². The molecule has 2 aliphatic rings. The second kappa shape index (κ2) is 17.4. The molecule has 2 fully saturated rings. The number of hydrogen-bond donors (Lipinski definition) is 4. The molecular formula is C31H52F2N2O9. The van der Waals surface area contributed by atoms with Crippen molar-refractivity contribution < 1.29 is 52.4 Å². The number of carbonyl (C=O) groups is 4. The third kappa shape index (κ3) is 15.6. The van der Waals surface area contributed by atoms with Crippen molar-refractivity contribution in [3.63, 3.8) is 0 Å². The summed E-state index contributed by atoms with van der Waals surface area (Å²) in [6.07, 6.45) is -0.264. The lowest BCUT2D eigenvalue weighted by atomic mass is 9.71. The third-order valence-electron chi connectivity index (χ3n) is 7.70. The van der Waals surface area contributed by atoms with E-state index < -0.39 is 53.8 Å². The molecule has 2 rings (SSSR count). The minimum Gasteiger partial charge on any atom is -0.513 e. The minimum atomic E-state index is -1.04. The number of ether oxygens (including phenoxy) is 3. The fraction of sp³-hybridized carbons (Fsp3) is 0.806. The van der Waals surface area contributed by atoms with Gasteiger partial charge in [-0.3, -0.25) is 9.59 Å². The van der Waals surface area contributed by atoms with E-state index in [1.807, 2.05) is 0 Å². The quantitative estimate of drug-likeness (QED) is 0.113. The predicted molar refractivity (Wildman–Crippen MR) is 159 cm³/mol. The first-order chi connectivity index (χ1) is 20.3. The zero-order chi connectivity index (χ0) is 33.7. The van der Waals surface area contributed by atoms with Gasteiger partial charge in [-0.1, -0.05) is 20.4 Å². The highest BCUT2D eigenvalue weighted by Gasteiger charge is 2.38. The molecule has 0 aromatic carbocycles. The van der Waals surface area contributed by atoms with Crippen LogP contribution in [0.3, 0.4) is 0 Å². The standard InChI is InChI=1S/C16H26FNO6.C15H26FNO3/c1-10(2)14(21)23-11(3)24-15(22)18-9-16(8-13(19)20)6-4-12(17)5-7-16;1-11(18)9-15(7-5-12(16)6-8-15)10-17-13(19)20-14(2,3)4/h10-12H,4-9H2,1-3H3,(H,18,22)(H,19,20);12,18H,1,5-10H2,2-4H3,(H,17,19). The molecule has 0 spiro atoms. The number of rotatable bonds is 11. The average molecular weight is 635 g/mol. The van der Waals surface area contributed by atoms with Crippen LogP contribution in [0.25, 0.3) is 0 Å². The van der Waals surface area contributed by atoms with Crippen molar-refractivity contribution in [1.29, 1.82) is 0 Å². The molecule has 13 heteroatoms. The van der Waals surface area contributed by atoms with Crippen LogP contribution in [0.2, 0.25) is 0 Å². The first-order valence-electron chi connectivity index (χ1n) is 15.2. The van der Waals surface area contributed by atoms with Gasteiger partial charge in [0, 0.05) is 26.4 Å². The zero-order valence-electron chi connectivity index (χ0n) is 27.0. The zero-order valence-corrected chi connectivity index (χ0v) is 27.0. The Bertz CT molecular complexity index is 968. The first kappa shape index (κ1) is 38.9. The van der Waals surface area contributed by atoms with Crippen LogP contribution >= 0.6 is 0 Å². The van der Waals surface area contributed by atoms with Gasteiger partial charge in [0.15, 0.2) is 0 Å². The summed E-state index contributed by atoms with van der Waals surface area (Å²) in [7, 11) is 0. The van der Waals surface area contributed by atoms with E-state index in [1.54, 1.807) is 34.6 Å². The average Bonchev–Trinajstić information content (AvgIpc) is 2.88. The lowest BCUT2D eigenvalue weighted by Gasteiger charge is -2.38. The summed E-state index contributed by atoms with van der Waals surface area (Å²) in [5.74, 6) is -1.73. The molecule has 2 aliphatic carbocycles. The van der Waals surface area contributed by atoms with E-state index in [9.17, 15) is 33.1 Å². The van der Waals surface area contributed by atoms with Crippen molar-refractivity contribution >= 4 is 24.1 Å². The number of alkyl carbamates (subject to hydrolysis) is 2. The van der Waals surface area contributed by atoms with Gasteiger partial charge in [0.1, 0.15) is 17.9 Å². The lowest BCUT2D eigenvalue weighted by Crippen LogP contribution is -2.43. The number of carbonyl (C=O) groups excluding carboxylic acids is 3. The summed E-state index contributed by atoms with van der Waals surface area (Å²) in [6.45, 7) is 14.1. The third-order valence-corrected chi connectivity index (χ3v) is 7.70. The van der Waals surface area contributed by atoms with E-state index in [1.165, 1.54) is 6.92 Å². The molecule has 0 bridgehead atoms. The molecule has 44 heavy (non-hydrogen) atoms. The molecule has 0 radical (unpaired) electrons. The Morgan fingerprint density at radius 1 is 0.818 bits per heavy atom. The number of allylic oxidation sites excluding steroid dienone is 1. The summed E-state index contributed by atoms with van der Waals surface area (Å²) < 4.78 is 41.6. The monoisotopic (exact) mass is 634 g/mol. The van der Waals surface area contributed by atoms with Gasteiger partial charge in [0.25, 0.3) is 0 Å². The fourth-order valence-corrected chi connectivity index (χ4v) is 5.33. The second-order valence-electron chi connectivity index (χ2n) is 13.4. The molecule has 0 aliphatic heterocycles. The number of halogens is 2. The van der Waals surface area contributed by atoms with Crippen molar-refractivity contribution in [2.45, 2.75) is 130 Å². The number of carboxylic acids is 1. The van der Waals surface area contributed by atoms with Gasteiger partial charge in [-0.2, -0.15) is 0 Å². The Hall–Kier alpha value is -3.12. The predicted octanol–water partition coefficient (Wildman–Crippen LogP) is 6.50. The number of nitrogens with one attached hydrogen (secondary N) is 2. The topological polar surface area (TPSA) is 160 Å². The second-order valence-corrected chi connectivity index (χ2v) is 13.4. The Kier molecular flexibility index (Phi) is 15.4. The molecular weight excluding hydrogens is 582 g/mol. The first-order valence-corrected chi connectivity index (χ1v) is 15.2. The van der Waals surface area contributed by atoms with Crippen LogP contribution in [-0.2, 0) is 23.8 Å². The molecule has 4 N–H and O–H groups in total. The van der Waals surface area contributed by atoms with Gasteiger partial charge >= 0.3 is 24.1 Å². The van der Waals surface area contributed by atoms with E-state index >= 15 is 0 Å². The van der Waals surface area contributed by atoms with Crippen molar-refractivity contribution in [2.75, 3.05) is 13.1 Å². The molecule has 0 saturated heterocycles. The molecule has 0 aromatic rings. The molecule has 254 valence electrons. The maximum Gasteiger partial charge on any atom is 0.410 e. The maximum atomic E-state index is 13.3. The normalized spacial score (nSPS) is 25.8. The van der Waals surface area contributed by atoms with Crippen molar-refractivity contribution in [3.05, 3.63) is 12.3 Å². The van der Waals surface area contributed by atoms with Crippen molar-refractivity contribution in [3.8, 4) is 0 Å². The van der Waals surface area contributed by atoms with Gasteiger partial charge < -0.3 is 35.1 Å². The summed E-state index contributed by atoms with van der Waals surface area (Å²) in [6, 6.07) is 0. The molecule has 1 unspecified atom stereocenters. The molecule has 2 saturated carbocycles. The van der Waals surface area contributed by atoms with Crippen molar-refractivity contribution in [1.82, 2.24) is 10.6 Å². The highest BCUT2D eigenvalue weighted by molar-refractivity contribution is 5.72. The summed E-state index contributed by atoms with van der Waals surface area (Å²) in [4.78, 5) is 46.0. The summed E-state index contributed by atoms with van der Waals surface area (Å²) in [5.41, 5.74) is -1.54. The summed E-state index contributed by atoms with van der Waals surface area (Å²) in [5, 5.41) is 23.8. The number of hydrogen-bond acceptors (Lipinski definition) is 8. The maximum absolute atomic E-state index is 13.3. The fourth-order valence-electron chi connectivity index (χ4n) is 5.33. The van der Waals surface area contributed by atoms with Gasteiger partial charge in [0.2, 0.25) is 6.29 Å². The van der Waals surface area contributed by atoms with Gasteiger partial charge in [-0.15, -0.1) is 0 Å². The van der Waals surface area contributed by atoms with Gasteiger partial charge in [0.05, 0.1) is 18.1 Å². The smallest absolute Gasteiger partial charge is 0.410 e. The Labute approximate surface area is 259 Å². The highest BCUT2D eigenvalue weighted by atomic mass is 19.1. The molecule has 1 atom stereocenters. The highest BCUT2D eigenvalue weighted by Crippen LogP contribution is 2.42. The van der Waals surface area contributed by atoms with Crippen LogP contribution in [-0.4, -0.2) is 71.7 Å². The van der Waals surface area contributed by atoms with Gasteiger partial charge in [-0.05, 0) is 83.0 Å². The van der Waals surface area contributed by atoms with Crippen LogP contribution in [0.4, 0.5) is 18.4 Å². The summed E-state index contributed by atoms with van der Waals surface area (Å²) >= 11 is 0.